The summed E-state index contributed by atoms with van der Waals surface area (Å²) in [5.41, 5.74) is 1.49. The molecule has 5 heteroatoms. The van der Waals surface area contributed by atoms with Crippen LogP contribution in [0.2, 0.25) is 0 Å². The zero-order chi connectivity index (χ0) is 21.2. The van der Waals surface area contributed by atoms with Crippen LogP contribution in [0, 0.1) is 0 Å². The lowest BCUT2D eigenvalue weighted by Gasteiger charge is -2.31. The fraction of sp³-hybridized carbons (Fsp3) is 0.440. The number of amides is 1. The molecule has 1 aliphatic heterocycles. The van der Waals surface area contributed by atoms with Crippen LogP contribution in [0.3, 0.4) is 0 Å². The molecule has 1 heterocycles. The van der Waals surface area contributed by atoms with Crippen LogP contribution in [0.1, 0.15) is 61.4 Å². The first kappa shape index (κ1) is 21.9. The van der Waals surface area contributed by atoms with Gasteiger partial charge < -0.3 is 14.4 Å². The van der Waals surface area contributed by atoms with Crippen LogP contribution in [-0.4, -0.2) is 35.7 Å². The van der Waals surface area contributed by atoms with Crippen molar-refractivity contribution in [3.8, 4) is 0 Å². The highest BCUT2D eigenvalue weighted by atomic mass is 16.6. The van der Waals surface area contributed by atoms with E-state index in [9.17, 15) is 9.59 Å². The maximum Gasteiger partial charge on any atom is 0.410 e. The van der Waals surface area contributed by atoms with Crippen LogP contribution in [0.5, 0.6) is 0 Å². The Balaban J connectivity index is 1.65. The molecule has 0 saturated carbocycles. The third-order valence-corrected chi connectivity index (χ3v) is 5.53. The highest BCUT2D eigenvalue weighted by Crippen LogP contribution is 2.27. The average Bonchev–Trinajstić information content (AvgIpc) is 3.28. The number of hydrogen-bond donors (Lipinski definition) is 0. The maximum atomic E-state index is 12.8. The van der Waals surface area contributed by atoms with E-state index in [1.54, 1.807) is 17.0 Å². The van der Waals surface area contributed by atoms with Gasteiger partial charge in [0.05, 0.1) is 11.6 Å². The van der Waals surface area contributed by atoms with Crippen LogP contribution >= 0.6 is 0 Å². The SMILES string of the molecule is CCCCC[C@@H](OC(=O)c1ccccc1)[C@H]1CCCN1C(=O)OCc1ccccc1. The van der Waals surface area contributed by atoms with Crippen LogP contribution < -0.4 is 0 Å². The normalized spacial score (nSPS) is 16.8. The summed E-state index contributed by atoms with van der Waals surface area (Å²) in [6, 6.07) is 18.5. The Morgan fingerprint density at radius 2 is 1.73 bits per heavy atom. The molecule has 30 heavy (non-hydrogen) atoms. The number of benzene rings is 2. The molecule has 0 aliphatic carbocycles. The van der Waals surface area contributed by atoms with Crippen molar-refractivity contribution in [1.82, 2.24) is 4.90 Å². The van der Waals surface area contributed by atoms with E-state index in [4.69, 9.17) is 9.47 Å². The fourth-order valence-corrected chi connectivity index (χ4v) is 3.91. The summed E-state index contributed by atoms with van der Waals surface area (Å²) < 4.78 is 11.5. The number of carbonyl (C=O) groups excluding carboxylic acids is 2. The van der Waals surface area contributed by atoms with Crippen molar-refractivity contribution in [2.45, 2.75) is 64.2 Å². The number of carbonyl (C=O) groups is 2. The van der Waals surface area contributed by atoms with E-state index in [1.807, 2.05) is 48.5 Å². The number of ether oxygens (including phenoxy) is 2. The molecule has 0 N–H and O–H groups in total. The zero-order valence-corrected chi connectivity index (χ0v) is 17.7. The van der Waals surface area contributed by atoms with Crippen molar-refractivity contribution in [2.75, 3.05) is 6.54 Å². The molecule has 1 amide bonds. The van der Waals surface area contributed by atoms with Crippen molar-refractivity contribution < 1.29 is 19.1 Å². The zero-order valence-electron chi connectivity index (χ0n) is 17.7. The predicted molar refractivity (Wildman–Crippen MR) is 116 cm³/mol. The number of nitrogens with zero attached hydrogens (tertiary/aromatic N) is 1. The molecule has 1 saturated heterocycles. The van der Waals surface area contributed by atoms with Gasteiger partial charge in [-0.25, -0.2) is 9.59 Å². The van der Waals surface area contributed by atoms with Gasteiger partial charge in [0.2, 0.25) is 0 Å². The Hall–Kier alpha value is -2.82. The number of esters is 1. The Morgan fingerprint density at radius 3 is 2.43 bits per heavy atom. The molecule has 1 aliphatic rings. The van der Waals surface area contributed by atoms with Crippen molar-refractivity contribution >= 4 is 12.1 Å². The summed E-state index contributed by atoms with van der Waals surface area (Å²) in [4.78, 5) is 27.2. The van der Waals surface area contributed by atoms with E-state index in [-0.39, 0.29) is 30.8 Å². The van der Waals surface area contributed by atoms with Gasteiger partial charge in [0, 0.05) is 6.54 Å². The smallest absolute Gasteiger partial charge is 0.410 e. The molecule has 0 unspecified atom stereocenters. The number of likely N-dealkylation sites (tertiary alicyclic amines) is 1. The Bertz CT molecular complexity index is 793. The second-order valence-corrected chi connectivity index (χ2v) is 7.75. The Morgan fingerprint density at radius 1 is 1.03 bits per heavy atom. The van der Waals surface area contributed by atoms with Gasteiger partial charge in [0.1, 0.15) is 12.7 Å². The van der Waals surface area contributed by atoms with Gasteiger partial charge in [0.15, 0.2) is 0 Å². The quantitative estimate of drug-likeness (QED) is 0.400. The molecule has 0 aromatic heterocycles. The fourth-order valence-electron chi connectivity index (χ4n) is 3.91. The van der Waals surface area contributed by atoms with E-state index in [0.29, 0.717) is 12.1 Å². The van der Waals surface area contributed by atoms with Crippen molar-refractivity contribution in [3.05, 3.63) is 71.8 Å². The first-order chi connectivity index (χ1) is 14.7. The first-order valence-electron chi connectivity index (χ1n) is 10.9. The molecule has 1 fully saturated rings. The van der Waals surface area contributed by atoms with E-state index >= 15 is 0 Å². The molecule has 3 rings (SSSR count). The van der Waals surface area contributed by atoms with Crippen molar-refractivity contribution in [2.24, 2.45) is 0 Å². The third-order valence-electron chi connectivity index (χ3n) is 5.53. The number of rotatable bonds is 9. The van der Waals surface area contributed by atoms with E-state index < -0.39 is 0 Å². The third kappa shape index (κ3) is 6.09. The minimum atomic E-state index is -0.336. The molecule has 0 radical (unpaired) electrons. The van der Waals surface area contributed by atoms with Gasteiger partial charge in [-0.1, -0.05) is 68.3 Å². The summed E-state index contributed by atoms with van der Waals surface area (Å²) in [5.74, 6) is -0.332. The lowest BCUT2D eigenvalue weighted by molar-refractivity contribution is 0.000259. The summed E-state index contributed by atoms with van der Waals surface area (Å²) in [6.07, 6.45) is 4.93. The van der Waals surface area contributed by atoms with Crippen LogP contribution in [0.25, 0.3) is 0 Å². The molecule has 0 spiro atoms. The lowest BCUT2D eigenvalue weighted by Crippen LogP contribution is -2.44. The molecule has 2 atom stereocenters. The lowest BCUT2D eigenvalue weighted by atomic mass is 10.0. The molecule has 5 nitrogen and oxygen atoms in total. The maximum absolute atomic E-state index is 12.8. The average molecular weight is 410 g/mol. The molecule has 160 valence electrons. The van der Waals surface area contributed by atoms with Gasteiger partial charge in [0.25, 0.3) is 0 Å². The molecular weight excluding hydrogens is 378 g/mol. The molecule has 0 bridgehead atoms. The topological polar surface area (TPSA) is 55.8 Å². The van der Waals surface area contributed by atoms with Gasteiger partial charge in [-0.05, 0) is 43.4 Å². The highest BCUT2D eigenvalue weighted by Gasteiger charge is 2.37. The number of hydrogen-bond acceptors (Lipinski definition) is 4. The molecule has 2 aromatic rings. The predicted octanol–water partition coefficient (Wildman–Crippen LogP) is 5.59. The molecule has 2 aromatic carbocycles. The van der Waals surface area contributed by atoms with E-state index in [1.165, 1.54) is 0 Å². The monoisotopic (exact) mass is 409 g/mol. The van der Waals surface area contributed by atoms with Gasteiger partial charge >= 0.3 is 12.1 Å². The highest BCUT2D eigenvalue weighted by molar-refractivity contribution is 5.89. The largest absolute Gasteiger partial charge is 0.457 e. The Kier molecular flexibility index (Phi) is 8.30. The minimum absolute atomic E-state index is 0.141. The van der Waals surface area contributed by atoms with Gasteiger partial charge in [-0.3, -0.25) is 0 Å². The summed E-state index contributed by atoms with van der Waals surface area (Å²) in [5, 5.41) is 0. The first-order valence-corrected chi connectivity index (χ1v) is 10.9. The van der Waals surface area contributed by atoms with Crippen LogP contribution in [0.15, 0.2) is 60.7 Å². The van der Waals surface area contributed by atoms with E-state index in [2.05, 4.69) is 6.92 Å². The Labute approximate surface area is 179 Å². The second-order valence-electron chi connectivity index (χ2n) is 7.75. The number of unbranched alkanes of at least 4 members (excludes halogenated alkanes) is 2. The second kappa shape index (κ2) is 11.4. The van der Waals surface area contributed by atoms with Crippen molar-refractivity contribution in [3.63, 3.8) is 0 Å². The summed E-state index contributed by atoms with van der Waals surface area (Å²) >= 11 is 0. The molecular formula is C25H31NO4. The van der Waals surface area contributed by atoms with Crippen molar-refractivity contribution in [1.29, 1.82) is 0 Å². The summed E-state index contributed by atoms with van der Waals surface area (Å²) in [6.45, 7) is 3.02. The van der Waals surface area contributed by atoms with Gasteiger partial charge in [-0.2, -0.15) is 0 Å². The van der Waals surface area contributed by atoms with Crippen LogP contribution in [0.4, 0.5) is 4.79 Å². The van der Waals surface area contributed by atoms with Gasteiger partial charge in [-0.15, -0.1) is 0 Å². The van der Waals surface area contributed by atoms with Crippen LogP contribution in [-0.2, 0) is 16.1 Å². The van der Waals surface area contributed by atoms with E-state index in [0.717, 1.165) is 44.1 Å². The standard InChI is InChI=1S/C25H31NO4/c1-2-3-6-17-23(30-24(27)21-14-9-5-10-15-21)22-16-11-18-26(22)25(28)29-19-20-12-7-4-8-13-20/h4-5,7-10,12-15,22-23H,2-3,6,11,16-19H2,1H3/t22-,23-/m1/s1. The minimum Gasteiger partial charge on any atom is -0.457 e. The summed E-state index contributed by atoms with van der Waals surface area (Å²) in [7, 11) is 0.